The lowest BCUT2D eigenvalue weighted by Gasteiger charge is -2.17. The number of rotatable bonds is 4. The predicted molar refractivity (Wildman–Crippen MR) is 74.8 cm³/mol. The molecule has 0 fully saturated rings. The van der Waals surface area contributed by atoms with Crippen LogP contribution in [0.4, 0.5) is 5.69 Å². The molecule has 0 aliphatic heterocycles. The van der Waals surface area contributed by atoms with Crippen molar-refractivity contribution < 1.29 is 8.42 Å². The molecule has 0 spiro atoms. The van der Waals surface area contributed by atoms with Crippen LogP contribution in [-0.4, -0.2) is 24.5 Å². The van der Waals surface area contributed by atoms with Gasteiger partial charge in [0.2, 0.25) is 0 Å². The monoisotopic (exact) mass is 279 g/mol. The molecule has 0 saturated heterocycles. The molecule has 5 nitrogen and oxygen atoms in total. The molecule has 19 heavy (non-hydrogen) atoms. The first-order valence-electron chi connectivity index (χ1n) is 5.93. The minimum Gasteiger partial charge on any atom is -0.376 e. The summed E-state index contributed by atoms with van der Waals surface area (Å²) in [4.78, 5) is 0.309. The molecule has 0 radical (unpaired) electrons. The highest BCUT2D eigenvalue weighted by molar-refractivity contribution is 7.90. The molecular formula is C13H17N3O2S. The summed E-state index contributed by atoms with van der Waals surface area (Å²) < 4.78 is 25.2. The van der Waals surface area contributed by atoms with E-state index in [-0.39, 0.29) is 6.04 Å². The number of hydrogen-bond acceptors (Lipinski definition) is 4. The van der Waals surface area contributed by atoms with Crippen LogP contribution in [0.1, 0.15) is 18.7 Å². The number of aromatic nitrogens is 2. The summed E-state index contributed by atoms with van der Waals surface area (Å²) in [5.41, 5.74) is 1.60. The number of sulfone groups is 1. The van der Waals surface area contributed by atoms with Crippen LogP contribution >= 0.6 is 0 Å². The highest BCUT2D eigenvalue weighted by Gasteiger charge is 2.15. The Hall–Kier alpha value is -1.82. The molecule has 2 rings (SSSR count). The lowest BCUT2D eigenvalue weighted by molar-refractivity contribution is 0.602. The molecule has 0 aliphatic carbocycles. The van der Waals surface area contributed by atoms with Crippen LogP contribution in [0.3, 0.4) is 0 Å². The highest BCUT2D eigenvalue weighted by Crippen LogP contribution is 2.25. The Morgan fingerprint density at radius 2 is 1.95 bits per heavy atom. The number of benzene rings is 1. The Balaban J connectivity index is 2.32. The predicted octanol–water partition coefficient (Wildman–Crippen LogP) is 2.00. The van der Waals surface area contributed by atoms with Gasteiger partial charge in [-0.2, -0.15) is 5.10 Å². The van der Waals surface area contributed by atoms with E-state index >= 15 is 0 Å². The van der Waals surface area contributed by atoms with E-state index in [9.17, 15) is 8.42 Å². The van der Waals surface area contributed by atoms with Gasteiger partial charge in [-0.05, 0) is 25.1 Å². The molecule has 1 unspecified atom stereocenters. The number of hydrogen-bond donors (Lipinski definition) is 1. The van der Waals surface area contributed by atoms with Crippen LogP contribution in [0.15, 0.2) is 41.4 Å². The van der Waals surface area contributed by atoms with E-state index in [2.05, 4.69) is 10.4 Å². The zero-order valence-electron chi connectivity index (χ0n) is 11.2. The Labute approximate surface area is 113 Å². The van der Waals surface area contributed by atoms with E-state index in [1.165, 1.54) is 6.26 Å². The Morgan fingerprint density at radius 3 is 2.53 bits per heavy atom. The second kappa shape index (κ2) is 5.05. The van der Waals surface area contributed by atoms with Gasteiger partial charge in [-0.3, -0.25) is 4.68 Å². The molecular weight excluding hydrogens is 262 g/mol. The van der Waals surface area contributed by atoms with Crippen molar-refractivity contribution in [1.82, 2.24) is 9.78 Å². The van der Waals surface area contributed by atoms with Crippen molar-refractivity contribution in [2.75, 3.05) is 11.6 Å². The minimum absolute atomic E-state index is 0.0320. The third-order valence-corrected chi connectivity index (χ3v) is 4.12. The lowest BCUT2D eigenvalue weighted by Crippen LogP contribution is -2.13. The lowest BCUT2D eigenvalue weighted by atomic mass is 10.2. The molecule has 1 aromatic heterocycles. The largest absolute Gasteiger partial charge is 0.376 e. The second-order valence-corrected chi connectivity index (χ2v) is 6.50. The second-order valence-electron chi connectivity index (χ2n) is 4.51. The molecule has 1 aromatic carbocycles. The van der Waals surface area contributed by atoms with E-state index in [0.717, 1.165) is 5.69 Å². The normalized spacial score (nSPS) is 13.2. The van der Waals surface area contributed by atoms with Crippen LogP contribution in [-0.2, 0) is 16.9 Å². The summed E-state index contributed by atoms with van der Waals surface area (Å²) in [6.45, 7) is 1.97. The van der Waals surface area contributed by atoms with Gasteiger partial charge in [-0.15, -0.1) is 0 Å². The van der Waals surface area contributed by atoms with Crippen molar-refractivity contribution in [2.24, 2.45) is 7.05 Å². The molecule has 1 atom stereocenters. The average molecular weight is 279 g/mol. The van der Waals surface area contributed by atoms with Crippen molar-refractivity contribution in [3.63, 3.8) is 0 Å². The third kappa shape index (κ3) is 2.96. The molecule has 102 valence electrons. The average Bonchev–Trinajstić information content (AvgIpc) is 2.75. The summed E-state index contributed by atoms with van der Waals surface area (Å²) >= 11 is 0. The zero-order chi connectivity index (χ0) is 14.0. The summed E-state index contributed by atoms with van der Waals surface area (Å²) in [5.74, 6) is 0. The van der Waals surface area contributed by atoms with Crippen molar-refractivity contribution >= 4 is 15.5 Å². The van der Waals surface area contributed by atoms with E-state index in [1.54, 1.807) is 29.1 Å². The first-order valence-corrected chi connectivity index (χ1v) is 7.82. The number of anilines is 1. The molecule has 0 saturated carbocycles. The third-order valence-electron chi connectivity index (χ3n) is 2.96. The van der Waals surface area contributed by atoms with Crippen molar-refractivity contribution in [2.45, 2.75) is 17.9 Å². The van der Waals surface area contributed by atoms with Crippen LogP contribution in [0, 0.1) is 0 Å². The first kappa shape index (κ1) is 13.6. The molecule has 1 heterocycles. The van der Waals surface area contributed by atoms with Gasteiger partial charge in [0.05, 0.1) is 22.3 Å². The SMILES string of the molecule is CC(Nc1ccccc1S(C)(=O)=O)c1ccnn1C. The van der Waals surface area contributed by atoms with E-state index in [0.29, 0.717) is 10.6 Å². The first-order chi connectivity index (χ1) is 8.89. The van der Waals surface area contributed by atoms with Gasteiger partial charge in [0.15, 0.2) is 9.84 Å². The van der Waals surface area contributed by atoms with Crippen LogP contribution in [0.25, 0.3) is 0 Å². The zero-order valence-corrected chi connectivity index (χ0v) is 12.0. The quantitative estimate of drug-likeness (QED) is 0.929. The van der Waals surface area contributed by atoms with Gasteiger partial charge in [0, 0.05) is 19.5 Å². The van der Waals surface area contributed by atoms with Gasteiger partial charge < -0.3 is 5.32 Å². The van der Waals surface area contributed by atoms with Crippen molar-refractivity contribution in [3.8, 4) is 0 Å². The molecule has 0 aliphatic rings. The molecule has 2 aromatic rings. The van der Waals surface area contributed by atoms with Gasteiger partial charge in [-0.25, -0.2) is 8.42 Å². The maximum atomic E-state index is 11.7. The maximum Gasteiger partial charge on any atom is 0.177 e. The fourth-order valence-electron chi connectivity index (χ4n) is 2.03. The van der Waals surface area contributed by atoms with Gasteiger partial charge in [0.25, 0.3) is 0 Å². The standard InChI is InChI=1S/C13H17N3O2S/c1-10(12-8-9-14-16(12)2)15-11-6-4-5-7-13(11)19(3,17)18/h4-10,15H,1-3H3. The number of nitrogens with one attached hydrogen (secondary N) is 1. The number of nitrogens with zero attached hydrogens (tertiary/aromatic N) is 2. The summed E-state index contributed by atoms with van der Waals surface area (Å²) in [7, 11) is -1.39. The number of aryl methyl sites for hydroxylation is 1. The fraction of sp³-hybridized carbons (Fsp3) is 0.308. The summed E-state index contributed by atoms with van der Waals surface area (Å²) in [6.07, 6.45) is 2.93. The molecule has 1 N–H and O–H groups in total. The summed E-state index contributed by atoms with van der Waals surface area (Å²) in [5, 5.41) is 7.33. The van der Waals surface area contributed by atoms with Crippen LogP contribution in [0.5, 0.6) is 0 Å². The van der Waals surface area contributed by atoms with E-state index in [1.807, 2.05) is 26.1 Å². The van der Waals surface area contributed by atoms with Crippen LogP contribution in [0.2, 0.25) is 0 Å². The topological polar surface area (TPSA) is 64.0 Å². The fourth-order valence-corrected chi connectivity index (χ4v) is 2.88. The molecule has 6 heteroatoms. The molecule has 0 bridgehead atoms. The Bertz CT molecular complexity index is 677. The maximum absolute atomic E-state index is 11.7. The van der Waals surface area contributed by atoms with E-state index in [4.69, 9.17) is 0 Å². The van der Waals surface area contributed by atoms with Gasteiger partial charge in [-0.1, -0.05) is 12.1 Å². The van der Waals surface area contributed by atoms with Crippen molar-refractivity contribution in [1.29, 1.82) is 0 Å². The molecule has 0 amide bonds. The smallest absolute Gasteiger partial charge is 0.177 e. The highest BCUT2D eigenvalue weighted by atomic mass is 32.2. The van der Waals surface area contributed by atoms with Crippen molar-refractivity contribution in [3.05, 3.63) is 42.2 Å². The van der Waals surface area contributed by atoms with Crippen LogP contribution < -0.4 is 5.32 Å². The van der Waals surface area contributed by atoms with Gasteiger partial charge >= 0.3 is 0 Å². The Morgan fingerprint density at radius 1 is 1.26 bits per heavy atom. The number of para-hydroxylation sites is 1. The van der Waals surface area contributed by atoms with Gasteiger partial charge in [0.1, 0.15) is 0 Å². The van der Waals surface area contributed by atoms with E-state index < -0.39 is 9.84 Å². The Kier molecular flexibility index (Phi) is 3.61. The summed E-state index contributed by atoms with van der Waals surface area (Å²) in [6, 6.07) is 8.77. The minimum atomic E-state index is -3.24.